The van der Waals surface area contributed by atoms with Crippen LogP contribution in [0.3, 0.4) is 0 Å². The summed E-state index contributed by atoms with van der Waals surface area (Å²) in [5, 5.41) is 24.0. The summed E-state index contributed by atoms with van der Waals surface area (Å²) in [5.41, 5.74) is 1.09. The minimum absolute atomic E-state index is 0.0827. The molecule has 3 aromatic rings. The van der Waals surface area contributed by atoms with E-state index in [2.05, 4.69) is 19.9 Å². The van der Waals surface area contributed by atoms with Crippen LogP contribution in [-0.2, 0) is 0 Å². The first-order valence-corrected chi connectivity index (χ1v) is 9.75. The van der Waals surface area contributed by atoms with E-state index in [4.69, 9.17) is 4.74 Å². The van der Waals surface area contributed by atoms with Crippen LogP contribution in [0.1, 0.15) is 16.5 Å². The molecule has 0 spiro atoms. The lowest BCUT2D eigenvalue weighted by atomic mass is 10.0. The van der Waals surface area contributed by atoms with E-state index in [9.17, 15) is 10.2 Å². The van der Waals surface area contributed by atoms with E-state index in [1.165, 1.54) is 22.2 Å². The molecule has 3 heterocycles. The van der Waals surface area contributed by atoms with Gasteiger partial charge in [-0.25, -0.2) is 4.98 Å². The fourth-order valence-electron chi connectivity index (χ4n) is 3.57. The van der Waals surface area contributed by atoms with Gasteiger partial charge in [0.05, 0.1) is 24.6 Å². The third-order valence-corrected chi connectivity index (χ3v) is 6.09. The first kappa shape index (κ1) is 18.2. The predicted molar refractivity (Wildman–Crippen MR) is 102 cm³/mol. The average molecular weight is 389 g/mol. The number of methoxy groups -OCH3 is 1. The van der Waals surface area contributed by atoms with E-state index in [1.54, 1.807) is 7.11 Å². The van der Waals surface area contributed by atoms with Crippen LogP contribution < -0.4 is 4.74 Å². The number of piperazine rings is 1. The zero-order valence-corrected chi connectivity index (χ0v) is 16.0. The normalized spacial score (nSPS) is 17.4. The highest BCUT2D eigenvalue weighted by Crippen LogP contribution is 2.40. The predicted octanol–water partition coefficient (Wildman–Crippen LogP) is 1.20. The highest BCUT2D eigenvalue weighted by atomic mass is 32.1. The first-order valence-electron chi connectivity index (χ1n) is 8.94. The molecule has 1 saturated heterocycles. The van der Waals surface area contributed by atoms with Gasteiger partial charge in [0, 0.05) is 32.7 Å². The van der Waals surface area contributed by atoms with E-state index >= 15 is 0 Å². The molecule has 1 fully saturated rings. The third kappa shape index (κ3) is 3.51. The number of nitrogens with zero attached hydrogens (tertiary/aromatic N) is 5. The van der Waals surface area contributed by atoms with E-state index < -0.39 is 0 Å². The van der Waals surface area contributed by atoms with Crippen LogP contribution in [0.4, 0.5) is 0 Å². The van der Waals surface area contributed by atoms with Gasteiger partial charge in [-0.05, 0) is 17.7 Å². The monoisotopic (exact) mass is 389 g/mol. The van der Waals surface area contributed by atoms with Crippen LogP contribution in [0.2, 0.25) is 0 Å². The zero-order chi connectivity index (χ0) is 18.8. The van der Waals surface area contributed by atoms with Gasteiger partial charge in [-0.1, -0.05) is 23.5 Å². The van der Waals surface area contributed by atoms with Crippen molar-refractivity contribution in [2.24, 2.45) is 0 Å². The molecular formula is C18H23N5O3S. The molecule has 4 rings (SSSR count). The van der Waals surface area contributed by atoms with Crippen molar-refractivity contribution in [3.63, 3.8) is 0 Å². The number of hydrogen-bond donors (Lipinski definition) is 2. The number of rotatable bonds is 6. The smallest absolute Gasteiger partial charge is 0.230 e. The number of aliphatic hydroxyl groups excluding tert-OH is 1. The van der Waals surface area contributed by atoms with Crippen molar-refractivity contribution < 1.29 is 14.9 Å². The second-order valence-electron chi connectivity index (χ2n) is 6.52. The van der Waals surface area contributed by atoms with Crippen molar-refractivity contribution in [3.05, 3.63) is 41.0 Å². The number of β-amino-alcohol motifs (C(OH)–C–C–N with tert-alkyl or cyclic N) is 1. The van der Waals surface area contributed by atoms with Gasteiger partial charge in [-0.3, -0.25) is 9.80 Å². The number of ether oxygens (including phenoxy) is 1. The Hall–Kier alpha value is -2.20. The van der Waals surface area contributed by atoms with Crippen LogP contribution in [0.5, 0.6) is 11.6 Å². The van der Waals surface area contributed by atoms with E-state index in [0.717, 1.165) is 42.4 Å². The maximum Gasteiger partial charge on any atom is 0.230 e. The van der Waals surface area contributed by atoms with Gasteiger partial charge in [0.1, 0.15) is 12.1 Å². The number of hydrogen-bond acceptors (Lipinski definition) is 8. The second-order valence-corrected chi connectivity index (χ2v) is 7.53. The van der Waals surface area contributed by atoms with Gasteiger partial charge >= 0.3 is 0 Å². The SMILES string of the molecule is COc1ccc([C@@H](c2sc3ncnn3c2O)N2CCN(CCO)CC2)cc1. The highest BCUT2D eigenvalue weighted by molar-refractivity contribution is 7.17. The molecule has 0 unspecified atom stereocenters. The Morgan fingerprint density at radius 1 is 1.19 bits per heavy atom. The molecule has 0 aliphatic carbocycles. The Labute approximate surface area is 161 Å². The number of aromatic hydroxyl groups is 1. The van der Waals surface area contributed by atoms with Crippen molar-refractivity contribution >= 4 is 16.3 Å². The summed E-state index contributed by atoms with van der Waals surface area (Å²) in [4.78, 5) is 10.4. The molecule has 2 N–H and O–H groups in total. The Morgan fingerprint density at radius 2 is 1.93 bits per heavy atom. The van der Waals surface area contributed by atoms with Crippen LogP contribution >= 0.6 is 11.3 Å². The minimum atomic E-state index is -0.0827. The number of fused-ring (bicyclic) bond motifs is 1. The fraction of sp³-hybridized carbons (Fsp3) is 0.444. The molecule has 2 aromatic heterocycles. The molecule has 0 saturated carbocycles. The van der Waals surface area contributed by atoms with Gasteiger partial charge in [0.25, 0.3) is 0 Å². The summed E-state index contributed by atoms with van der Waals surface area (Å²) < 4.78 is 6.77. The quantitative estimate of drug-likeness (QED) is 0.655. The minimum Gasteiger partial charge on any atom is -0.497 e. The highest BCUT2D eigenvalue weighted by Gasteiger charge is 2.31. The summed E-state index contributed by atoms with van der Waals surface area (Å²) in [7, 11) is 1.65. The lowest BCUT2D eigenvalue weighted by Gasteiger charge is -2.39. The number of thiazole rings is 1. The molecule has 1 aliphatic rings. The van der Waals surface area contributed by atoms with Crippen molar-refractivity contribution in [2.45, 2.75) is 6.04 Å². The van der Waals surface area contributed by atoms with Gasteiger partial charge in [-0.15, -0.1) is 0 Å². The van der Waals surface area contributed by atoms with Crippen LogP contribution in [0.15, 0.2) is 30.6 Å². The number of benzene rings is 1. The molecule has 0 radical (unpaired) electrons. The second kappa shape index (κ2) is 7.81. The van der Waals surface area contributed by atoms with Crippen molar-refractivity contribution in [2.75, 3.05) is 46.4 Å². The fourth-order valence-corrected chi connectivity index (χ4v) is 4.66. The van der Waals surface area contributed by atoms with Crippen LogP contribution in [-0.4, -0.2) is 81.1 Å². The molecule has 9 heteroatoms. The maximum atomic E-state index is 10.8. The third-order valence-electron chi connectivity index (χ3n) is 5.01. The molecule has 144 valence electrons. The van der Waals surface area contributed by atoms with E-state index in [1.807, 2.05) is 24.3 Å². The van der Waals surface area contributed by atoms with Crippen molar-refractivity contribution in [3.8, 4) is 11.6 Å². The van der Waals surface area contributed by atoms with E-state index in [-0.39, 0.29) is 18.5 Å². The lowest BCUT2D eigenvalue weighted by molar-refractivity contribution is 0.0945. The Bertz CT molecular complexity index is 886. The Balaban J connectivity index is 1.69. The van der Waals surface area contributed by atoms with E-state index in [0.29, 0.717) is 11.5 Å². The summed E-state index contributed by atoms with van der Waals surface area (Å²) >= 11 is 1.46. The van der Waals surface area contributed by atoms with Crippen molar-refractivity contribution in [1.82, 2.24) is 24.4 Å². The van der Waals surface area contributed by atoms with Crippen molar-refractivity contribution in [1.29, 1.82) is 0 Å². The van der Waals surface area contributed by atoms with Crippen LogP contribution in [0, 0.1) is 0 Å². The number of aromatic nitrogens is 3. The van der Waals surface area contributed by atoms with Gasteiger partial charge in [0.15, 0.2) is 0 Å². The topological polar surface area (TPSA) is 86.4 Å². The molecule has 1 aliphatic heterocycles. The molecule has 0 bridgehead atoms. The van der Waals surface area contributed by atoms with Crippen LogP contribution in [0.25, 0.3) is 4.96 Å². The first-order chi connectivity index (χ1) is 13.2. The summed E-state index contributed by atoms with van der Waals surface area (Å²) in [6, 6.07) is 7.88. The molecule has 1 atom stereocenters. The standard InChI is InChI=1S/C18H23N5O3S/c1-26-14-4-2-13(3-5-14)15(22-8-6-21(7-9-22)10-11-24)16-17(25)23-18(27-16)19-12-20-23/h2-5,12,15,24-25H,6-11H2,1H3/t15-/m0/s1. The summed E-state index contributed by atoms with van der Waals surface area (Å²) in [5.74, 6) is 0.947. The van der Waals surface area contributed by atoms with Gasteiger partial charge in [-0.2, -0.15) is 9.61 Å². The Morgan fingerprint density at radius 3 is 2.56 bits per heavy atom. The van der Waals surface area contributed by atoms with Gasteiger partial charge < -0.3 is 14.9 Å². The maximum absolute atomic E-state index is 10.8. The van der Waals surface area contributed by atoms with Gasteiger partial charge in [0.2, 0.25) is 10.8 Å². The molecule has 8 nitrogen and oxygen atoms in total. The average Bonchev–Trinajstić information content (AvgIpc) is 3.28. The molecule has 27 heavy (non-hydrogen) atoms. The largest absolute Gasteiger partial charge is 0.497 e. The zero-order valence-electron chi connectivity index (χ0n) is 15.2. The summed E-state index contributed by atoms with van der Waals surface area (Å²) in [6.45, 7) is 4.34. The lowest BCUT2D eigenvalue weighted by Crippen LogP contribution is -2.48. The molecule has 1 aromatic carbocycles. The number of aliphatic hydroxyl groups is 1. The summed E-state index contributed by atoms with van der Waals surface area (Å²) in [6.07, 6.45) is 1.45. The Kier molecular flexibility index (Phi) is 5.26. The molecular weight excluding hydrogens is 366 g/mol. The molecule has 0 amide bonds.